The van der Waals surface area contributed by atoms with Crippen molar-refractivity contribution in [2.24, 2.45) is 0 Å². The van der Waals surface area contributed by atoms with Gasteiger partial charge in [0, 0.05) is 0 Å². The van der Waals surface area contributed by atoms with Crippen LogP contribution in [0.2, 0.25) is 0 Å². The van der Waals surface area contributed by atoms with Gasteiger partial charge in [0.25, 0.3) is 0 Å². The van der Waals surface area contributed by atoms with Gasteiger partial charge in [0.05, 0.1) is 0 Å². The second-order valence-electron chi connectivity index (χ2n) is 0.448. The summed E-state index contributed by atoms with van der Waals surface area (Å²) in [6.07, 6.45) is 0. The molecule has 0 fully saturated rings. The van der Waals surface area contributed by atoms with Gasteiger partial charge < -0.3 is 6.15 Å². The molecule has 0 aromatic heterocycles. The first-order valence-electron chi connectivity index (χ1n) is 0.898. The first-order chi connectivity index (χ1) is 3.00. The van der Waals surface area contributed by atoms with Crippen molar-refractivity contribution < 1.29 is 32.7 Å². The number of hydrogen-bond donors (Lipinski definition) is 5. The molecule has 0 saturated carbocycles. The lowest BCUT2D eigenvalue weighted by Gasteiger charge is -1.68. The standard InChI is InChI=1S/FH.H3N.H2O4S.H2O2/c;;1-5(2,3)4;1-2/h1H;1H3;(H2,1,2,3,4);1-2H. The molecule has 7 N–H and O–H groups in total. The maximum absolute atomic E-state index is 8.74. The first kappa shape index (κ1) is 23.4. The molecule has 0 aliphatic rings. The smallest absolute Gasteiger partial charge is 0.344 e. The van der Waals surface area contributed by atoms with E-state index in [-0.39, 0.29) is 10.9 Å². The molecule has 0 unspecified atom stereocenters. The van der Waals surface area contributed by atoms with E-state index in [9.17, 15) is 0 Å². The summed E-state index contributed by atoms with van der Waals surface area (Å²) in [5.41, 5.74) is 0. The number of halogens is 1. The summed E-state index contributed by atoms with van der Waals surface area (Å²) < 4.78 is 31.6. The minimum atomic E-state index is -4.67. The predicted molar refractivity (Wildman–Crippen MR) is 27.0 cm³/mol. The maximum atomic E-state index is 8.74. The summed E-state index contributed by atoms with van der Waals surface area (Å²) >= 11 is 0. The van der Waals surface area contributed by atoms with Crippen LogP contribution in [0.5, 0.6) is 0 Å². The molecule has 7 nitrogen and oxygen atoms in total. The van der Waals surface area contributed by atoms with Crippen LogP contribution in [0.1, 0.15) is 0 Å². The van der Waals surface area contributed by atoms with E-state index in [0.29, 0.717) is 0 Å². The first-order valence-corrected chi connectivity index (χ1v) is 2.30. The summed E-state index contributed by atoms with van der Waals surface area (Å²) in [6.45, 7) is 0. The topological polar surface area (TPSA) is 150 Å². The average molecular weight is 169 g/mol. The molecule has 0 atom stereocenters. The Morgan fingerprint density at radius 2 is 1.00 bits per heavy atom. The van der Waals surface area contributed by atoms with Gasteiger partial charge in [0.1, 0.15) is 0 Å². The van der Waals surface area contributed by atoms with Gasteiger partial charge >= 0.3 is 10.4 Å². The summed E-state index contributed by atoms with van der Waals surface area (Å²) in [6, 6.07) is 0. The van der Waals surface area contributed by atoms with Gasteiger partial charge in [0.2, 0.25) is 0 Å². The zero-order chi connectivity index (χ0) is 6.50. The van der Waals surface area contributed by atoms with Crippen molar-refractivity contribution in [1.29, 1.82) is 0 Å². The minimum absolute atomic E-state index is 0. The Kier molecular flexibility index (Phi) is 27.6. The highest BCUT2D eigenvalue weighted by Gasteiger charge is 1.84. The van der Waals surface area contributed by atoms with E-state index in [4.69, 9.17) is 28.0 Å². The Bertz CT molecular complexity index is 96.2. The van der Waals surface area contributed by atoms with Crippen molar-refractivity contribution >= 4 is 10.4 Å². The van der Waals surface area contributed by atoms with Gasteiger partial charge in [-0.2, -0.15) is 8.42 Å². The fraction of sp³-hybridized carbons (Fsp3) is 0. The lowest BCUT2D eigenvalue weighted by molar-refractivity contribution is -0.176. The van der Waals surface area contributed by atoms with Crippen molar-refractivity contribution in [1.82, 2.24) is 6.15 Å². The van der Waals surface area contributed by atoms with Crippen LogP contribution in [0.15, 0.2) is 0 Å². The van der Waals surface area contributed by atoms with Crippen molar-refractivity contribution in [3.8, 4) is 0 Å². The summed E-state index contributed by atoms with van der Waals surface area (Å²) in [7, 11) is -4.67. The van der Waals surface area contributed by atoms with Crippen LogP contribution in [0.25, 0.3) is 0 Å². The van der Waals surface area contributed by atoms with E-state index >= 15 is 0 Å². The predicted octanol–water partition coefficient (Wildman–Crippen LogP) is -0.321. The van der Waals surface area contributed by atoms with E-state index in [2.05, 4.69) is 0 Å². The average Bonchev–Trinajstić information content (AvgIpc) is 1.36. The fourth-order valence-electron chi connectivity index (χ4n) is 0. The maximum Gasteiger partial charge on any atom is 0.394 e. The molecule has 9 heteroatoms. The minimum Gasteiger partial charge on any atom is -0.344 e. The van der Waals surface area contributed by atoms with Crippen LogP contribution in [-0.4, -0.2) is 28.0 Å². The van der Waals surface area contributed by atoms with E-state index < -0.39 is 10.4 Å². The van der Waals surface area contributed by atoms with Gasteiger partial charge in [-0.25, -0.2) is 0 Å². The lowest BCUT2D eigenvalue weighted by Crippen LogP contribution is -1.89. The Hall–Kier alpha value is -0.320. The van der Waals surface area contributed by atoms with E-state index in [0.717, 1.165) is 0 Å². The molecule has 0 aliphatic carbocycles. The molecule has 0 bridgehead atoms. The Balaban J connectivity index is -0.0000000286. The fourth-order valence-corrected chi connectivity index (χ4v) is 0. The van der Waals surface area contributed by atoms with E-state index in [1.165, 1.54) is 0 Å². The summed E-state index contributed by atoms with van der Waals surface area (Å²) in [5, 5.41) is 12.0. The second-order valence-corrected chi connectivity index (χ2v) is 1.34. The zero-order valence-electron chi connectivity index (χ0n) is 4.13. The zero-order valence-corrected chi connectivity index (χ0v) is 4.95. The Morgan fingerprint density at radius 1 is 1.00 bits per heavy atom. The molecule has 0 spiro atoms. The molecule has 9 heavy (non-hydrogen) atoms. The van der Waals surface area contributed by atoms with Crippen molar-refractivity contribution in [3.05, 3.63) is 0 Å². The van der Waals surface area contributed by atoms with Crippen LogP contribution < -0.4 is 6.15 Å². The molecular weight excluding hydrogens is 161 g/mol. The second kappa shape index (κ2) is 10.6. The molecule has 0 rings (SSSR count). The quantitative estimate of drug-likeness (QED) is 0.189. The highest BCUT2D eigenvalue weighted by atomic mass is 32.3. The molecule has 0 aromatic carbocycles. The molecule has 0 heterocycles. The Morgan fingerprint density at radius 3 is 1.00 bits per heavy atom. The number of hydrogen-bond acceptors (Lipinski definition) is 5. The molecule has 0 aliphatic heterocycles. The van der Waals surface area contributed by atoms with Crippen LogP contribution >= 0.6 is 0 Å². The lowest BCUT2D eigenvalue weighted by atomic mass is 14.0. The number of rotatable bonds is 0. The third-order valence-electron chi connectivity index (χ3n) is 0. The van der Waals surface area contributed by atoms with Crippen LogP contribution in [0.3, 0.4) is 0 Å². The van der Waals surface area contributed by atoms with Crippen molar-refractivity contribution in [2.75, 3.05) is 0 Å². The van der Waals surface area contributed by atoms with Crippen molar-refractivity contribution in [2.45, 2.75) is 0 Å². The highest BCUT2D eigenvalue weighted by molar-refractivity contribution is 7.79. The molecule has 0 radical (unpaired) electrons. The monoisotopic (exact) mass is 169 g/mol. The van der Waals surface area contributed by atoms with Crippen LogP contribution in [0.4, 0.5) is 4.70 Å². The molecular formula is H8FNO6S. The van der Waals surface area contributed by atoms with Crippen LogP contribution in [0, 0.1) is 0 Å². The molecule has 0 aromatic rings. The SMILES string of the molecule is F.N.O=S(=O)(O)O.OO. The molecule has 62 valence electrons. The largest absolute Gasteiger partial charge is 0.394 e. The van der Waals surface area contributed by atoms with Gasteiger partial charge in [-0.15, -0.1) is 0 Å². The third kappa shape index (κ3) is 2420. The van der Waals surface area contributed by atoms with E-state index in [1.807, 2.05) is 0 Å². The van der Waals surface area contributed by atoms with Crippen molar-refractivity contribution in [3.63, 3.8) is 0 Å². The summed E-state index contributed by atoms with van der Waals surface area (Å²) in [4.78, 5) is 0. The van der Waals surface area contributed by atoms with Gasteiger partial charge in [-0.05, 0) is 0 Å². The highest BCUT2D eigenvalue weighted by Crippen LogP contribution is 1.59. The van der Waals surface area contributed by atoms with Gasteiger partial charge in [0.15, 0.2) is 0 Å². The van der Waals surface area contributed by atoms with Gasteiger partial charge in [-0.1, -0.05) is 0 Å². The van der Waals surface area contributed by atoms with E-state index in [1.54, 1.807) is 0 Å². The normalized spacial score (nSPS) is 7.11. The van der Waals surface area contributed by atoms with Gasteiger partial charge in [-0.3, -0.25) is 24.3 Å². The Labute approximate surface area is 50.4 Å². The molecule has 0 amide bonds. The van der Waals surface area contributed by atoms with Crippen LogP contribution in [-0.2, 0) is 10.4 Å². The molecule has 0 saturated heterocycles. The summed E-state index contributed by atoms with van der Waals surface area (Å²) in [5.74, 6) is 0. The third-order valence-corrected chi connectivity index (χ3v) is 0.